The first-order valence-corrected chi connectivity index (χ1v) is 9.06. The van der Waals surface area contributed by atoms with Crippen molar-refractivity contribution in [3.63, 3.8) is 0 Å². The van der Waals surface area contributed by atoms with E-state index in [1.54, 1.807) is 11.0 Å². The standard InChI is InChI=1S/C18H28N4O3/c1-20-9-11-21(12-10-20)14-18(25)5-2-7-22(8-6-18)17(24)15-3-4-16(23)19-13-15/h3-4,13,25H,2,5-12,14H2,1H3,(H,19,23). The number of pyridine rings is 1. The van der Waals surface area contributed by atoms with Crippen LogP contribution in [0.25, 0.3) is 0 Å². The number of aromatic amines is 1. The van der Waals surface area contributed by atoms with Crippen molar-refractivity contribution in [2.24, 2.45) is 0 Å². The van der Waals surface area contributed by atoms with Crippen LogP contribution in [-0.2, 0) is 0 Å². The molecule has 1 aromatic heterocycles. The number of aromatic nitrogens is 1. The topological polar surface area (TPSA) is 79.9 Å². The number of likely N-dealkylation sites (tertiary alicyclic amines) is 1. The second kappa shape index (κ2) is 7.68. The Morgan fingerprint density at radius 2 is 1.92 bits per heavy atom. The van der Waals surface area contributed by atoms with Gasteiger partial charge in [0.1, 0.15) is 0 Å². The Balaban J connectivity index is 1.58. The van der Waals surface area contributed by atoms with E-state index >= 15 is 0 Å². The third-order valence-electron chi connectivity index (χ3n) is 5.35. The molecule has 3 heterocycles. The fraction of sp³-hybridized carbons (Fsp3) is 0.667. The summed E-state index contributed by atoms with van der Waals surface area (Å²) < 4.78 is 0. The largest absolute Gasteiger partial charge is 0.388 e. The van der Waals surface area contributed by atoms with Gasteiger partial charge in [0.05, 0.1) is 11.2 Å². The summed E-state index contributed by atoms with van der Waals surface area (Å²) in [5.74, 6) is -0.0832. The molecule has 138 valence electrons. The van der Waals surface area contributed by atoms with Crippen molar-refractivity contribution < 1.29 is 9.90 Å². The van der Waals surface area contributed by atoms with E-state index < -0.39 is 5.60 Å². The summed E-state index contributed by atoms with van der Waals surface area (Å²) in [6.45, 7) is 5.91. The van der Waals surface area contributed by atoms with Gasteiger partial charge in [-0.1, -0.05) is 0 Å². The van der Waals surface area contributed by atoms with Crippen LogP contribution in [0.4, 0.5) is 0 Å². The number of amides is 1. The van der Waals surface area contributed by atoms with Crippen LogP contribution >= 0.6 is 0 Å². The Hall–Kier alpha value is -1.70. The predicted octanol–water partition coefficient (Wildman–Crippen LogP) is -0.0205. The highest BCUT2D eigenvalue weighted by Gasteiger charge is 2.34. The van der Waals surface area contributed by atoms with E-state index in [0.29, 0.717) is 31.6 Å². The van der Waals surface area contributed by atoms with Crippen molar-refractivity contribution in [1.82, 2.24) is 19.7 Å². The number of hydrogen-bond acceptors (Lipinski definition) is 5. The molecule has 3 rings (SSSR count). The third-order valence-corrected chi connectivity index (χ3v) is 5.35. The summed E-state index contributed by atoms with van der Waals surface area (Å²) in [6, 6.07) is 2.93. The molecule has 2 fully saturated rings. The molecule has 1 atom stereocenters. The number of nitrogens with zero attached hydrogens (tertiary/aromatic N) is 3. The molecule has 0 spiro atoms. The molecule has 0 aliphatic carbocycles. The monoisotopic (exact) mass is 348 g/mol. The zero-order valence-electron chi connectivity index (χ0n) is 14.9. The number of β-amino-alcohol motifs (C(OH)–C–C–N with tert-alkyl or cyclic N) is 1. The molecule has 2 aliphatic heterocycles. The Labute approximate surface area is 148 Å². The molecule has 1 amide bonds. The van der Waals surface area contributed by atoms with Gasteiger partial charge in [0.2, 0.25) is 5.56 Å². The van der Waals surface area contributed by atoms with Gasteiger partial charge >= 0.3 is 0 Å². The van der Waals surface area contributed by atoms with Gasteiger partial charge in [-0.3, -0.25) is 14.5 Å². The highest BCUT2D eigenvalue weighted by molar-refractivity contribution is 5.93. The van der Waals surface area contributed by atoms with Crippen molar-refractivity contribution in [1.29, 1.82) is 0 Å². The number of likely N-dealkylation sites (N-methyl/N-ethyl adjacent to an activating group) is 1. The fourth-order valence-corrected chi connectivity index (χ4v) is 3.69. The maximum atomic E-state index is 12.6. The highest BCUT2D eigenvalue weighted by Crippen LogP contribution is 2.25. The number of carbonyl (C=O) groups excluding carboxylic acids is 1. The average molecular weight is 348 g/mol. The lowest BCUT2D eigenvalue weighted by Crippen LogP contribution is -2.51. The number of carbonyl (C=O) groups is 1. The van der Waals surface area contributed by atoms with Crippen LogP contribution in [0.5, 0.6) is 0 Å². The van der Waals surface area contributed by atoms with Crippen LogP contribution in [0.1, 0.15) is 29.6 Å². The molecular weight excluding hydrogens is 320 g/mol. The second-order valence-corrected chi connectivity index (χ2v) is 7.39. The fourth-order valence-electron chi connectivity index (χ4n) is 3.69. The highest BCUT2D eigenvalue weighted by atomic mass is 16.3. The maximum absolute atomic E-state index is 12.6. The minimum absolute atomic E-state index is 0.0832. The minimum Gasteiger partial charge on any atom is -0.388 e. The molecule has 1 unspecified atom stereocenters. The van der Waals surface area contributed by atoms with E-state index in [2.05, 4.69) is 21.8 Å². The zero-order chi connectivity index (χ0) is 17.9. The van der Waals surface area contributed by atoms with E-state index in [-0.39, 0.29) is 11.5 Å². The van der Waals surface area contributed by atoms with E-state index in [4.69, 9.17) is 0 Å². The van der Waals surface area contributed by atoms with E-state index in [1.807, 2.05) is 0 Å². The lowest BCUT2D eigenvalue weighted by molar-refractivity contribution is -0.0179. The molecular formula is C18H28N4O3. The molecule has 0 aromatic carbocycles. The molecule has 7 heteroatoms. The predicted molar refractivity (Wildman–Crippen MR) is 95.7 cm³/mol. The van der Waals surface area contributed by atoms with Gasteiger partial charge in [0.25, 0.3) is 5.91 Å². The number of rotatable bonds is 3. The van der Waals surface area contributed by atoms with Gasteiger partial charge in [-0.15, -0.1) is 0 Å². The number of aliphatic hydroxyl groups is 1. The Bertz CT molecular complexity index is 633. The van der Waals surface area contributed by atoms with Crippen LogP contribution in [0.2, 0.25) is 0 Å². The summed E-state index contributed by atoms with van der Waals surface area (Å²) in [4.78, 5) is 32.7. The first-order chi connectivity index (χ1) is 12.0. The number of nitrogens with one attached hydrogen (secondary N) is 1. The number of H-pyrrole nitrogens is 1. The molecule has 0 bridgehead atoms. The smallest absolute Gasteiger partial charge is 0.255 e. The molecule has 0 radical (unpaired) electrons. The number of hydrogen-bond donors (Lipinski definition) is 2. The van der Waals surface area contributed by atoms with Crippen molar-refractivity contribution in [3.05, 3.63) is 34.2 Å². The molecule has 25 heavy (non-hydrogen) atoms. The van der Waals surface area contributed by atoms with Gasteiger partial charge in [-0.25, -0.2) is 0 Å². The third kappa shape index (κ3) is 4.68. The summed E-state index contributed by atoms with van der Waals surface area (Å²) in [7, 11) is 2.12. The van der Waals surface area contributed by atoms with Crippen LogP contribution in [-0.4, -0.2) is 89.2 Å². The van der Waals surface area contributed by atoms with Crippen molar-refractivity contribution in [3.8, 4) is 0 Å². The molecule has 7 nitrogen and oxygen atoms in total. The second-order valence-electron chi connectivity index (χ2n) is 7.39. The van der Waals surface area contributed by atoms with Crippen molar-refractivity contribution >= 4 is 5.91 Å². The van der Waals surface area contributed by atoms with Crippen LogP contribution in [0, 0.1) is 0 Å². The Morgan fingerprint density at radius 1 is 1.16 bits per heavy atom. The Kier molecular flexibility index (Phi) is 5.56. The summed E-state index contributed by atoms with van der Waals surface area (Å²) in [5, 5.41) is 11.0. The van der Waals surface area contributed by atoms with Crippen LogP contribution in [0.3, 0.4) is 0 Å². The Morgan fingerprint density at radius 3 is 2.60 bits per heavy atom. The zero-order valence-corrected chi connectivity index (χ0v) is 14.9. The molecule has 0 saturated carbocycles. The molecule has 2 aliphatic rings. The van der Waals surface area contributed by atoms with Crippen molar-refractivity contribution in [2.75, 3.05) is 52.9 Å². The van der Waals surface area contributed by atoms with Gasteiger partial charge in [0, 0.05) is 58.1 Å². The van der Waals surface area contributed by atoms with Crippen LogP contribution in [0.15, 0.2) is 23.1 Å². The van der Waals surface area contributed by atoms with Gasteiger partial charge < -0.3 is 19.9 Å². The van der Waals surface area contributed by atoms with E-state index in [9.17, 15) is 14.7 Å². The first-order valence-electron chi connectivity index (χ1n) is 9.06. The SMILES string of the molecule is CN1CCN(CC2(O)CCCN(C(=O)c3ccc(=O)[nH]c3)CC2)CC1. The molecule has 2 N–H and O–H groups in total. The minimum atomic E-state index is -0.726. The number of piperazine rings is 1. The lowest BCUT2D eigenvalue weighted by atomic mass is 9.94. The molecule has 2 saturated heterocycles. The lowest BCUT2D eigenvalue weighted by Gasteiger charge is -2.38. The average Bonchev–Trinajstić information content (AvgIpc) is 2.79. The normalized spacial score (nSPS) is 26.4. The summed E-state index contributed by atoms with van der Waals surface area (Å²) in [6.07, 6.45) is 3.56. The van der Waals surface area contributed by atoms with Gasteiger partial charge in [-0.05, 0) is 32.4 Å². The summed E-state index contributed by atoms with van der Waals surface area (Å²) in [5.41, 5.74) is -0.450. The van der Waals surface area contributed by atoms with Crippen molar-refractivity contribution in [2.45, 2.75) is 24.9 Å². The van der Waals surface area contributed by atoms with Gasteiger partial charge in [-0.2, -0.15) is 0 Å². The quantitative estimate of drug-likeness (QED) is 0.803. The van der Waals surface area contributed by atoms with E-state index in [1.165, 1.54) is 12.3 Å². The molecule has 1 aromatic rings. The summed E-state index contributed by atoms with van der Waals surface area (Å²) >= 11 is 0. The van der Waals surface area contributed by atoms with Crippen LogP contribution < -0.4 is 5.56 Å². The maximum Gasteiger partial charge on any atom is 0.255 e. The first kappa shape index (κ1) is 18.1. The van der Waals surface area contributed by atoms with E-state index in [0.717, 1.165) is 39.0 Å². The van der Waals surface area contributed by atoms with Gasteiger partial charge in [0.15, 0.2) is 0 Å².